The maximum Gasteiger partial charge on any atom is 0.245 e. The zero-order chi connectivity index (χ0) is 36.2. The zero-order valence-corrected chi connectivity index (χ0v) is 29.3. The van der Waals surface area contributed by atoms with Gasteiger partial charge in [0.25, 0.3) is 0 Å². The lowest BCUT2D eigenvalue weighted by Crippen LogP contribution is -2.72. The van der Waals surface area contributed by atoms with E-state index >= 15 is 0 Å². The number of piperazine rings is 1. The van der Waals surface area contributed by atoms with Gasteiger partial charge >= 0.3 is 0 Å². The Balaban J connectivity index is 1.47. The van der Waals surface area contributed by atoms with Gasteiger partial charge in [-0.05, 0) is 62.1 Å². The second kappa shape index (κ2) is 18.6. The van der Waals surface area contributed by atoms with E-state index in [1.54, 1.807) is 0 Å². The van der Waals surface area contributed by atoms with E-state index in [1.165, 1.54) is 0 Å². The SMILES string of the molecule is CC(C)CC(NC(=O)C(Cc1ccccc1)NC(=O)C(N)Cc1ccccc1)C(=O)NC(CCCCN)C(=O)N1C2CC1CN(CC(N)=O)C2. The van der Waals surface area contributed by atoms with Crippen LogP contribution < -0.4 is 33.2 Å². The molecule has 2 saturated heterocycles. The summed E-state index contributed by atoms with van der Waals surface area (Å²) in [7, 11) is 0. The Kier molecular flexibility index (Phi) is 14.3. The van der Waals surface area contributed by atoms with Gasteiger partial charge in [-0.2, -0.15) is 0 Å². The lowest BCUT2D eigenvalue weighted by Gasteiger charge is -2.57. The second-order valence-electron chi connectivity index (χ2n) is 14.0. The third-order valence-corrected chi connectivity index (χ3v) is 9.36. The Morgan fingerprint density at radius 1 is 0.760 bits per heavy atom. The number of hydrogen-bond donors (Lipinski definition) is 6. The van der Waals surface area contributed by atoms with E-state index in [-0.39, 0.29) is 36.9 Å². The third kappa shape index (κ3) is 11.1. The first-order valence-electron chi connectivity index (χ1n) is 17.7. The minimum absolute atomic E-state index is 0.0323. The molecule has 0 aliphatic carbocycles. The summed E-state index contributed by atoms with van der Waals surface area (Å²) < 4.78 is 0. The zero-order valence-electron chi connectivity index (χ0n) is 29.3. The number of carbonyl (C=O) groups excluding carboxylic acids is 5. The van der Waals surface area contributed by atoms with Crippen molar-refractivity contribution < 1.29 is 24.0 Å². The van der Waals surface area contributed by atoms with Crippen LogP contribution in [0.1, 0.15) is 57.1 Å². The van der Waals surface area contributed by atoms with Crippen LogP contribution in [0.25, 0.3) is 0 Å². The number of piperidine rings is 1. The molecule has 0 radical (unpaired) electrons. The van der Waals surface area contributed by atoms with Gasteiger partial charge < -0.3 is 38.1 Å². The number of likely N-dealkylation sites (tertiary alicyclic amines) is 2. The first-order valence-corrected chi connectivity index (χ1v) is 17.7. The van der Waals surface area contributed by atoms with E-state index in [9.17, 15) is 24.0 Å². The number of unbranched alkanes of at least 4 members (excludes halogenated alkanes) is 1. The fourth-order valence-corrected chi connectivity index (χ4v) is 6.88. The van der Waals surface area contributed by atoms with Gasteiger partial charge in [0.05, 0.1) is 12.6 Å². The highest BCUT2D eigenvalue weighted by molar-refractivity contribution is 5.95. The number of amides is 5. The first-order chi connectivity index (χ1) is 23.9. The Morgan fingerprint density at radius 2 is 1.30 bits per heavy atom. The van der Waals surface area contributed by atoms with Crippen molar-refractivity contribution in [2.75, 3.05) is 26.2 Å². The molecule has 0 saturated carbocycles. The maximum atomic E-state index is 13.9. The van der Waals surface area contributed by atoms with Crippen LogP contribution in [0.3, 0.4) is 0 Å². The standard InChI is InChI=1S/C37H54N8O5/c1-24(2)17-31(35(48)41-30(15-9-10-16-38)37(50)45-27-20-28(45)22-44(21-27)23-33(40)46)43-36(49)32(19-26-13-7-4-8-14-26)42-34(47)29(39)18-25-11-5-3-6-12-25/h3-8,11-14,24,27-32H,9-10,15-23,38-39H2,1-2H3,(H2,40,46)(H,41,48)(H,42,47)(H,43,49). The average molecular weight is 691 g/mol. The van der Waals surface area contributed by atoms with Gasteiger partial charge in [-0.25, -0.2) is 0 Å². The number of rotatable bonds is 19. The summed E-state index contributed by atoms with van der Waals surface area (Å²) in [6, 6.07) is 14.9. The molecule has 5 amide bonds. The number of nitrogens with zero attached hydrogens (tertiary/aromatic N) is 2. The molecule has 2 fully saturated rings. The van der Waals surface area contributed by atoms with Crippen LogP contribution in [0.4, 0.5) is 0 Å². The molecular weight excluding hydrogens is 636 g/mol. The summed E-state index contributed by atoms with van der Waals surface area (Å²) in [5.41, 5.74) is 19.1. The highest BCUT2D eigenvalue weighted by Gasteiger charge is 2.49. The van der Waals surface area contributed by atoms with Gasteiger partial charge in [-0.15, -0.1) is 0 Å². The smallest absolute Gasteiger partial charge is 0.245 e. The maximum absolute atomic E-state index is 13.9. The van der Waals surface area contributed by atoms with Gasteiger partial charge in [0, 0.05) is 31.6 Å². The second-order valence-corrected chi connectivity index (χ2v) is 14.0. The van der Waals surface area contributed by atoms with Crippen molar-refractivity contribution in [3.63, 3.8) is 0 Å². The van der Waals surface area contributed by atoms with Crippen molar-refractivity contribution in [3.8, 4) is 0 Å². The number of fused-ring (bicyclic) bond motifs is 2. The molecule has 6 unspecified atom stereocenters. The molecule has 0 spiro atoms. The number of nitrogens with one attached hydrogen (secondary N) is 3. The molecule has 2 aliphatic rings. The summed E-state index contributed by atoms with van der Waals surface area (Å²) in [5.74, 6) is -2.02. The molecule has 13 heteroatoms. The number of nitrogens with two attached hydrogens (primary N) is 3. The monoisotopic (exact) mass is 690 g/mol. The fourth-order valence-electron chi connectivity index (χ4n) is 6.88. The highest BCUT2D eigenvalue weighted by Crippen LogP contribution is 2.33. The van der Waals surface area contributed by atoms with E-state index in [0.717, 1.165) is 17.5 Å². The molecule has 2 bridgehead atoms. The fraction of sp³-hybridized carbons (Fsp3) is 0.541. The summed E-state index contributed by atoms with van der Waals surface area (Å²) in [5, 5.41) is 8.69. The lowest BCUT2D eigenvalue weighted by atomic mass is 9.86. The molecule has 50 heavy (non-hydrogen) atoms. The molecule has 2 aromatic carbocycles. The minimum atomic E-state index is -1.00. The van der Waals surface area contributed by atoms with E-state index in [1.807, 2.05) is 84.3 Å². The van der Waals surface area contributed by atoms with E-state index < -0.39 is 47.8 Å². The lowest BCUT2D eigenvalue weighted by molar-refractivity contribution is -0.158. The predicted octanol–water partition coefficient (Wildman–Crippen LogP) is 0.199. The molecule has 13 nitrogen and oxygen atoms in total. The average Bonchev–Trinajstić information content (AvgIpc) is 3.07. The van der Waals surface area contributed by atoms with Crippen LogP contribution in [-0.4, -0.2) is 102 Å². The van der Waals surface area contributed by atoms with E-state index in [2.05, 4.69) is 16.0 Å². The van der Waals surface area contributed by atoms with Crippen LogP contribution in [0.15, 0.2) is 60.7 Å². The van der Waals surface area contributed by atoms with Gasteiger partial charge in [0.15, 0.2) is 0 Å². The Bertz CT molecular complexity index is 1430. The minimum Gasteiger partial charge on any atom is -0.369 e. The van der Waals surface area contributed by atoms with E-state index in [0.29, 0.717) is 51.7 Å². The Morgan fingerprint density at radius 3 is 1.86 bits per heavy atom. The van der Waals surface area contributed by atoms with Crippen LogP contribution >= 0.6 is 0 Å². The van der Waals surface area contributed by atoms with Crippen LogP contribution in [0.2, 0.25) is 0 Å². The predicted molar refractivity (Wildman–Crippen MR) is 191 cm³/mol. The van der Waals surface area contributed by atoms with Crippen LogP contribution in [-0.2, 0) is 36.8 Å². The summed E-state index contributed by atoms with van der Waals surface area (Å²) in [6.45, 7) is 5.59. The van der Waals surface area contributed by atoms with Crippen molar-refractivity contribution in [3.05, 3.63) is 71.8 Å². The molecule has 0 aromatic heterocycles. The van der Waals surface area contributed by atoms with Crippen molar-refractivity contribution >= 4 is 29.5 Å². The highest BCUT2D eigenvalue weighted by atomic mass is 16.2. The van der Waals surface area contributed by atoms with Gasteiger partial charge in [0.2, 0.25) is 29.5 Å². The quantitative estimate of drug-likeness (QED) is 0.112. The Labute approximate surface area is 295 Å². The van der Waals surface area contributed by atoms with Crippen LogP contribution in [0.5, 0.6) is 0 Å². The summed E-state index contributed by atoms with van der Waals surface area (Å²) in [4.78, 5) is 70.3. The van der Waals surface area contributed by atoms with Gasteiger partial charge in [0.1, 0.15) is 18.1 Å². The molecule has 2 aromatic rings. The summed E-state index contributed by atoms with van der Waals surface area (Å²) in [6.07, 6.45) is 3.37. The molecule has 9 N–H and O–H groups in total. The number of primary amides is 1. The third-order valence-electron chi connectivity index (χ3n) is 9.36. The Hall–Kier alpha value is -4.33. The van der Waals surface area contributed by atoms with E-state index in [4.69, 9.17) is 17.2 Å². The van der Waals surface area contributed by atoms with Gasteiger partial charge in [-0.1, -0.05) is 74.5 Å². The van der Waals surface area contributed by atoms with Crippen molar-refractivity contribution in [2.24, 2.45) is 23.1 Å². The first kappa shape index (κ1) is 38.5. The number of carbonyl (C=O) groups is 5. The molecular formula is C37H54N8O5. The van der Waals surface area contributed by atoms with Gasteiger partial charge in [-0.3, -0.25) is 28.9 Å². The number of hydrogen-bond acceptors (Lipinski definition) is 8. The number of benzene rings is 2. The molecule has 4 rings (SSSR count). The molecule has 272 valence electrons. The largest absolute Gasteiger partial charge is 0.369 e. The summed E-state index contributed by atoms with van der Waals surface area (Å²) >= 11 is 0. The topological polar surface area (TPSA) is 206 Å². The van der Waals surface area contributed by atoms with Crippen LogP contribution in [0, 0.1) is 5.92 Å². The van der Waals surface area contributed by atoms with Crippen molar-refractivity contribution in [2.45, 2.75) is 95.0 Å². The molecule has 2 heterocycles. The molecule has 2 aliphatic heterocycles. The molecule has 6 atom stereocenters. The van der Waals surface area contributed by atoms with Crippen molar-refractivity contribution in [1.82, 2.24) is 25.8 Å². The van der Waals surface area contributed by atoms with Crippen molar-refractivity contribution in [1.29, 1.82) is 0 Å². The normalized spacial score (nSPS) is 19.4.